The lowest BCUT2D eigenvalue weighted by Gasteiger charge is -2.34. The Morgan fingerprint density at radius 3 is 2.35 bits per heavy atom. The number of anilines is 3. The van der Waals surface area contributed by atoms with Crippen molar-refractivity contribution >= 4 is 41.2 Å². The lowest BCUT2D eigenvalue weighted by molar-refractivity contribution is 0.101. The van der Waals surface area contributed by atoms with E-state index in [-0.39, 0.29) is 5.91 Å². The van der Waals surface area contributed by atoms with Crippen molar-refractivity contribution in [3.8, 4) is 0 Å². The number of aldehydes is 1. The van der Waals surface area contributed by atoms with Crippen molar-refractivity contribution in [3.63, 3.8) is 0 Å². The molecule has 1 aromatic heterocycles. The second-order valence-electron chi connectivity index (χ2n) is 7.93. The van der Waals surface area contributed by atoms with Crippen molar-refractivity contribution in [3.05, 3.63) is 71.8 Å². The van der Waals surface area contributed by atoms with Gasteiger partial charge in [0.15, 0.2) is 0 Å². The van der Waals surface area contributed by atoms with Crippen molar-refractivity contribution < 1.29 is 9.59 Å². The molecule has 1 saturated heterocycles. The number of amides is 1. The molecule has 0 spiro atoms. The highest BCUT2D eigenvalue weighted by Crippen LogP contribution is 2.21. The van der Waals surface area contributed by atoms with Crippen LogP contribution >= 0.6 is 11.9 Å². The SMILES string of the molecule is CNc1ccc(N2CCN(SC)CC2)cc1.Cc1ccc(C=O)cc1NC(=O)c1cncn1C. The summed E-state index contributed by atoms with van der Waals surface area (Å²) in [4.78, 5) is 29.0. The minimum atomic E-state index is -0.249. The number of aromatic nitrogens is 2. The summed E-state index contributed by atoms with van der Waals surface area (Å²) < 4.78 is 4.05. The van der Waals surface area contributed by atoms with Crippen LogP contribution < -0.4 is 15.5 Å². The molecule has 8 nitrogen and oxygen atoms in total. The van der Waals surface area contributed by atoms with E-state index in [4.69, 9.17) is 0 Å². The molecule has 1 amide bonds. The van der Waals surface area contributed by atoms with E-state index in [1.807, 2.05) is 25.9 Å². The molecular weight excluding hydrogens is 448 g/mol. The fourth-order valence-corrected chi connectivity index (χ4v) is 4.11. The van der Waals surface area contributed by atoms with E-state index >= 15 is 0 Å². The van der Waals surface area contributed by atoms with Crippen molar-refractivity contribution in [1.29, 1.82) is 0 Å². The van der Waals surface area contributed by atoms with Gasteiger partial charge in [0.25, 0.3) is 5.91 Å². The number of nitrogens with one attached hydrogen (secondary N) is 2. The topological polar surface area (TPSA) is 82.5 Å². The molecule has 0 aliphatic carbocycles. The van der Waals surface area contributed by atoms with Crippen LogP contribution in [-0.2, 0) is 7.05 Å². The highest BCUT2D eigenvalue weighted by Gasteiger charge is 2.16. The summed E-state index contributed by atoms with van der Waals surface area (Å²) in [7, 11) is 3.70. The summed E-state index contributed by atoms with van der Waals surface area (Å²) in [5.41, 5.74) is 5.03. The molecule has 2 heterocycles. The van der Waals surface area contributed by atoms with Gasteiger partial charge in [-0.15, -0.1) is 0 Å². The van der Waals surface area contributed by atoms with E-state index in [9.17, 15) is 9.59 Å². The number of rotatable bonds is 6. The minimum Gasteiger partial charge on any atom is -0.388 e. The zero-order chi connectivity index (χ0) is 24.5. The molecule has 9 heteroatoms. The Morgan fingerprint density at radius 1 is 1.09 bits per heavy atom. The smallest absolute Gasteiger partial charge is 0.273 e. The number of piperazine rings is 1. The quantitative estimate of drug-likeness (QED) is 0.409. The number of hydrogen-bond donors (Lipinski definition) is 2. The van der Waals surface area contributed by atoms with Gasteiger partial charge < -0.3 is 20.1 Å². The fourth-order valence-electron chi connectivity index (χ4n) is 3.58. The van der Waals surface area contributed by atoms with Crippen LogP contribution in [0.1, 0.15) is 26.4 Å². The molecule has 0 atom stereocenters. The van der Waals surface area contributed by atoms with Gasteiger partial charge in [0.2, 0.25) is 0 Å². The van der Waals surface area contributed by atoms with E-state index in [0.717, 1.165) is 38.0 Å². The second kappa shape index (κ2) is 12.2. The van der Waals surface area contributed by atoms with Crippen LogP contribution in [0.2, 0.25) is 0 Å². The number of benzene rings is 2. The zero-order valence-electron chi connectivity index (χ0n) is 20.1. The van der Waals surface area contributed by atoms with Gasteiger partial charge in [0.05, 0.1) is 12.5 Å². The number of carbonyl (C=O) groups is 2. The van der Waals surface area contributed by atoms with Crippen LogP contribution in [0.5, 0.6) is 0 Å². The molecule has 0 unspecified atom stereocenters. The zero-order valence-corrected chi connectivity index (χ0v) is 20.9. The van der Waals surface area contributed by atoms with E-state index < -0.39 is 0 Å². The largest absolute Gasteiger partial charge is 0.388 e. The molecule has 0 radical (unpaired) electrons. The maximum absolute atomic E-state index is 12.0. The Morgan fingerprint density at radius 2 is 1.79 bits per heavy atom. The molecule has 2 N–H and O–H groups in total. The molecular formula is C25H32N6O2S. The van der Waals surface area contributed by atoms with E-state index in [2.05, 4.69) is 55.3 Å². The molecule has 3 aromatic rings. The van der Waals surface area contributed by atoms with Crippen LogP contribution in [0.3, 0.4) is 0 Å². The molecule has 34 heavy (non-hydrogen) atoms. The standard InChI is InChI=1S/C13H13N3O2.C12H19N3S/c1-9-3-4-10(7-17)5-11(9)15-13(18)12-6-14-8-16(12)2;1-13-11-3-5-12(6-4-11)14-7-9-15(16-2)10-8-14/h3-8H,1-2H3,(H,15,18);3-6,13H,7-10H2,1-2H3. The first-order valence-corrected chi connectivity index (χ1v) is 12.3. The summed E-state index contributed by atoms with van der Waals surface area (Å²) in [5, 5.41) is 5.91. The Hall–Kier alpha value is -3.30. The molecule has 0 saturated carbocycles. The van der Waals surface area contributed by atoms with Gasteiger partial charge >= 0.3 is 0 Å². The third kappa shape index (κ3) is 6.61. The maximum atomic E-state index is 12.0. The predicted molar refractivity (Wildman–Crippen MR) is 141 cm³/mol. The van der Waals surface area contributed by atoms with Crippen LogP contribution in [0.15, 0.2) is 55.0 Å². The third-order valence-corrected chi connectivity index (χ3v) is 6.59. The average molecular weight is 481 g/mol. The summed E-state index contributed by atoms with van der Waals surface area (Å²) in [5.74, 6) is -0.249. The normalized spacial score (nSPS) is 13.6. The number of nitrogens with zero attached hydrogens (tertiary/aromatic N) is 4. The van der Waals surface area contributed by atoms with Gasteiger partial charge in [-0.05, 0) is 49.1 Å². The molecule has 4 rings (SSSR count). The Bertz CT molecular complexity index is 1090. The van der Waals surface area contributed by atoms with Crippen LogP contribution in [0.25, 0.3) is 0 Å². The molecule has 0 bridgehead atoms. The molecule has 2 aromatic carbocycles. The van der Waals surface area contributed by atoms with Gasteiger partial charge in [-0.25, -0.2) is 9.29 Å². The van der Waals surface area contributed by atoms with Crippen molar-refractivity contribution in [2.75, 3.05) is 55.0 Å². The van der Waals surface area contributed by atoms with Gasteiger partial charge in [0, 0.05) is 62.9 Å². The number of hydrogen-bond acceptors (Lipinski definition) is 7. The van der Waals surface area contributed by atoms with Gasteiger partial charge in [0.1, 0.15) is 12.0 Å². The highest BCUT2D eigenvalue weighted by molar-refractivity contribution is 7.96. The second-order valence-corrected chi connectivity index (χ2v) is 8.81. The summed E-state index contributed by atoms with van der Waals surface area (Å²) in [6, 6.07) is 13.8. The van der Waals surface area contributed by atoms with Crippen LogP contribution in [0, 0.1) is 6.92 Å². The molecule has 180 valence electrons. The Labute approximate surface area is 205 Å². The van der Waals surface area contributed by atoms with Gasteiger partial charge in [-0.2, -0.15) is 0 Å². The summed E-state index contributed by atoms with van der Waals surface area (Å²) in [6.45, 7) is 6.41. The number of imidazole rings is 1. The first-order chi connectivity index (χ1) is 16.4. The molecule has 1 aliphatic heterocycles. The van der Waals surface area contributed by atoms with E-state index in [0.29, 0.717) is 16.9 Å². The summed E-state index contributed by atoms with van der Waals surface area (Å²) >= 11 is 1.85. The van der Waals surface area contributed by atoms with Gasteiger partial charge in [-0.3, -0.25) is 9.59 Å². The lowest BCUT2D eigenvalue weighted by Crippen LogP contribution is -2.43. The maximum Gasteiger partial charge on any atom is 0.273 e. The fraction of sp³-hybridized carbons (Fsp3) is 0.320. The van der Waals surface area contributed by atoms with E-state index in [1.165, 1.54) is 17.6 Å². The van der Waals surface area contributed by atoms with Crippen molar-refractivity contribution in [2.24, 2.45) is 7.05 Å². The predicted octanol–water partition coefficient (Wildman–Crippen LogP) is 3.92. The molecule has 1 fully saturated rings. The minimum absolute atomic E-state index is 0.249. The monoisotopic (exact) mass is 480 g/mol. The lowest BCUT2D eigenvalue weighted by atomic mass is 10.1. The Kier molecular flexibility index (Phi) is 9.12. The van der Waals surface area contributed by atoms with Crippen molar-refractivity contribution in [1.82, 2.24) is 13.9 Å². The number of aryl methyl sites for hydroxylation is 2. The number of carbonyl (C=O) groups excluding carboxylic acids is 2. The van der Waals surface area contributed by atoms with Crippen LogP contribution in [-0.4, -0.2) is 65.5 Å². The van der Waals surface area contributed by atoms with Crippen LogP contribution in [0.4, 0.5) is 17.1 Å². The first-order valence-electron chi connectivity index (χ1n) is 11.1. The average Bonchev–Trinajstić information content (AvgIpc) is 3.32. The highest BCUT2D eigenvalue weighted by atomic mass is 32.2. The molecule has 1 aliphatic rings. The summed E-state index contributed by atoms with van der Waals surface area (Å²) in [6.07, 6.45) is 5.95. The first kappa shape index (κ1) is 25.3. The van der Waals surface area contributed by atoms with Gasteiger partial charge in [-0.1, -0.05) is 24.1 Å². The third-order valence-electron chi connectivity index (χ3n) is 5.71. The van der Waals surface area contributed by atoms with E-state index in [1.54, 1.807) is 36.1 Å². The Balaban J connectivity index is 0.000000192. The van der Waals surface area contributed by atoms with Crippen molar-refractivity contribution in [2.45, 2.75) is 6.92 Å².